The predicted octanol–water partition coefficient (Wildman–Crippen LogP) is 2.38. The van der Waals surface area contributed by atoms with Crippen molar-refractivity contribution < 1.29 is 14.3 Å². The molecule has 170 valence electrons. The summed E-state index contributed by atoms with van der Waals surface area (Å²) in [5, 5.41) is 13.9. The SMILES string of the molecule is CCOC(=O)N1CCC(NC(=NC)NCc2nc(-c3ccc(OC)cc3)n[nH]2)CC1.I. The van der Waals surface area contributed by atoms with Gasteiger partial charge in [-0.15, -0.1) is 24.0 Å². The molecule has 2 aromatic rings. The molecule has 0 saturated carbocycles. The van der Waals surface area contributed by atoms with Crippen LogP contribution in [0.1, 0.15) is 25.6 Å². The number of ether oxygens (including phenoxy) is 2. The zero-order valence-electron chi connectivity index (χ0n) is 18.1. The van der Waals surface area contributed by atoms with Crippen molar-refractivity contribution in [3.63, 3.8) is 0 Å². The molecule has 0 aliphatic carbocycles. The van der Waals surface area contributed by atoms with E-state index < -0.39 is 0 Å². The second-order valence-corrected chi connectivity index (χ2v) is 6.86. The largest absolute Gasteiger partial charge is 0.497 e. The smallest absolute Gasteiger partial charge is 0.409 e. The summed E-state index contributed by atoms with van der Waals surface area (Å²) in [5.74, 6) is 2.82. The molecule has 0 bridgehead atoms. The lowest BCUT2D eigenvalue weighted by atomic mass is 10.1. The van der Waals surface area contributed by atoms with Crippen molar-refractivity contribution in [2.75, 3.05) is 33.9 Å². The van der Waals surface area contributed by atoms with Gasteiger partial charge in [-0.3, -0.25) is 10.1 Å². The van der Waals surface area contributed by atoms with Gasteiger partial charge in [0.15, 0.2) is 11.8 Å². The Balaban J connectivity index is 0.00000341. The fourth-order valence-corrected chi connectivity index (χ4v) is 3.22. The molecule has 0 unspecified atom stereocenters. The zero-order chi connectivity index (χ0) is 21.3. The second kappa shape index (κ2) is 12.3. The number of nitrogens with one attached hydrogen (secondary N) is 3. The average Bonchev–Trinajstić information content (AvgIpc) is 3.26. The van der Waals surface area contributed by atoms with Gasteiger partial charge in [0.05, 0.1) is 20.3 Å². The number of benzene rings is 1. The van der Waals surface area contributed by atoms with Gasteiger partial charge in [0.25, 0.3) is 0 Å². The summed E-state index contributed by atoms with van der Waals surface area (Å²) < 4.78 is 10.2. The maximum Gasteiger partial charge on any atom is 0.409 e. The van der Waals surface area contributed by atoms with E-state index in [1.165, 1.54) is 0 Å². The number of guanidine groups is 1. The van der Waals surface area contributed by atoms with Gasteiger partial charge < -0.3 is 25.0 Å². The van der Waals surface area contributed by atoms with Crippen LogP contribution in [0.4, 0.5) is 4.79 Å². The minimum Gasteiger partial charge on any atom is -0.497 e. The van der Waals surface area contributed by atoms with Gasteiger partial charge in [-0.25, -0.2) is 9.78 Å². The number of halogens is 1. The van der Waals surface area contributed by atoms with E-state index in [4.69, 9.17) is 9.47 Å². The first-order valence-corrected chi connectivity index (χ1v) is 10.1. The third-order valence-electron chi connectivity index (χ3n) is 4.89. The molecule has 0 radical (unpaired) electrons. The van der Waals surface area contributed by atoms with Crippen LogP contribution in [-0.2, 0) is 11.3 Å². The van der Waals surface area contributed by atoms with Crippen molar-refractivity contribution in [2.24, 2.45) is 4.99 Å². The van der Waals surface area contributed by atoms with E-state index in [1.807, 2.05) is 31.2 Å². The highest BCUT2D eigenvalue weighted by Crippen LogP contribution is 2.19. The Morgan fingerprint density at radius 3 is 2.61 bits per heavy atom. The van der Waals surface area contributed by atoms with Crippen LogP contribution in [-0.4, -0.2) is 72.0 Å². The van der Waals surface area contributed by atoms with Gasteiger partial charge >= 0.3 is 6.09 Å². The van der Waals surface area contributed by atoms with E-state index in [1.54, 1.807) is 19.1 Å². The topological polar surface area (TPSA) is 117 Å². The summed E-state index contributed by atoms with van der Waals surface area (Å²) in [6.07, 6.45) is 1.43. The van der Waals surface area contributed by atoms with E-state index in [-0.39, 0.29) is 36.1 Å². The minimum absolute atomic E-state index is 0. The molecule has 3 rings (SSSR count). The van der Waals surface area contributed by atoms with Crippen molar-refractivity contribution in [1.29, 1.82) is 0 Å². The Hall–Kier alpha value is -2.57. The minimum atomic E-state index is -0.239. The lowest BCUT2D eigenvalue weighted by Gasteiger charge is -2.32. The number of carbonyl (C=O) groups excluding carboxylic acids is 1. The van der Waals surface area contributed by atoms with Gasteiger partial charge in [-0.05, 0) is 44.0 Å². The Labute approximate surface area is 199 Å². The summed E-state index contributed by atoms with van der Waals surface area (Å²) in [6.45, 7) is 4.01. The number of hydrogen-bond donors (Lipinski definition) is 3. The molecule has 10 nitrogen and oxygen atoms in total. The van der Waals surface area contributed by atoms with Crippen molar-refractivity contribution in [3.05, 3.63) is 30.1 Å². The lowest BCUT2D eigenvalue weighted by molar-refractivity contribution is 0.0963. The standard InChI is InChI=1S/C20H29N7O3.HI/c1-4-30-20(28)27-11-9-15(10-12-27)23-19(21-2)22-13-17-24-18(26-25-17)14-5-7-16(29-3)8-6-14;/h5-8,15H,4,9-13H2,1-3H3,(H2,21,22,23)(H,24,25,26);1H. The molecule has 1 aliphatic rings. The third kappa shape index (κ3) is 6.97. The molecule has 1 fully saturated rings. The van der Waals surface area contributed by atoms with E-state index in [2.05, 4.69) is 30.8 Å². The fourth-order valence-electron chi connectivity index (χ4n) is 3.22. The Morgan fingerprint density at radius 1 is 1.29 bits per heavy atom. The number of likely N-dealkylation sites (tertiary alicyclic amines) is 1. The monoisotopic (exact) mass is 543 g/mol. The third-order valence-corrected chi connectivity index (χ3v) is 4.89. The number of hydrogen-bond acceptors (Lipinski definition) is 6. The predicted molar refractivity (Wildman–Crippen MR) is 129 cm³/mol. The molecule has 31 heavy (non-hydrogen) atoms. The summed E-state index contributed by atoms with van der Waals surface area (Å²) >= 11 is 0. The lowest BCUT2D eigenvalue weighted by Crippen LogP contribution is -2.49. The van der Waals surface area contributed by atoms with Crippen LogP contribution in [0.25, 0.3) is 11.4 Å². The van der Waals surface area contributed by atoms with Crippen LogP contribution < -0.4 is 15.4 Å². The van der Waals surface area contributed by atoms with Crippen LogP contribution in [0.2, 0.25) is 0 Å². The summed E-state index contributed by atoms with van der Waals surface area (Å²) in [4.78, 5) is 22.3. The normalized spacial score (nSPS) is 14.5. The van der Waals surface area contributed by atoms with Crippen LogP contribution in [0, 0.1) is 0 Å². The average molecular weight is 543 g/mol. The molecule has 1 aromatic carbocycles. The molecule has 0 atom stereocenters. The highest BCUT2D eigenvalue weighted by Gasteiger charge is 2.24. The van der Waals surface area contributed by atoms with Crippen molar-refractivity contribution in [3.8, 4) is 17.1 Å². The molecular formula is C20H30IN7O3. The zero-order valence-corrected chi connectivity index (χ0v) is 20.4. The Kier molecular flexibility index (Phi) is 9.82. The molecule has 1 aromatic heterocycles. The van der Waals surface area contributed by atoms with Gasteiger partial charge in [-0.2, -0.15) is 5.10 Å². The van der Waals surface area contributed by atoms with Crippen LogP contribution in [0.15, 0.2) is 29.3 Å². The number of aromatic amines is 1. The van der Waals surface area contributed by atoms with Crippen LogP contribution in [0.3, 0.4) is 0 Å². The summed E-state index contributed by atoms with van der Waals surface area (Å²) in [6, 6.07) is 7.84. The maximum absolute atomic E-state index is 11.8. The Morgan fingerprint density at radius 2 is 2.00 bits per heavy atom. The van der Waals surface area contributed by atoms with Gasteiger partial charge in [-0.1, -0.05) is 0 Å². The highest BCUT2D eigenvalue weighted by atomic mass is 127. The van der Waals surface area contributed by atoms with Crippen molar-refractivity contribution in [2.45, 2.75) is 32.4 Å². The molecule has 1 aliphatic heterocycles. The van der Waals surface area contributed by atoms with Crippen molar-refractivity contribution >= 4 is 36.0 Å². The first-order chi connectivity index (χ1) is 14.6. The molecule has 1 saturated heterocycles. The fraction of sp³-hybridized carbons (Fsp3) is 0.500. The summed E-state index contributed by atoms with van der Waals surface area (Å²) in [5.41, 5.74) is 0.911. The molecule has 2 heterocycles. The molecule has 3 N–H and O–H groups in total. The number of amides is 1. The number of aliphatic imine (C=N–C) groups is 1. The number of methoxy groups -OCH3 is 1. The molecule has 11 heteroatoms. The molecule has 0 spiro atoms. The number of rotatable bonds is 6. The van der Waals surface area contributed by atoms with E-state index in [0.717, 1.165) is 24.2 Å². The van der Waals surface area contributed by atoms with Crippen LogP contribution >= 0.6 is 24.0 Å². The number of nitrogens with zero attached hydrogens (tertiary/aromatic N) is 4. The van der Waals surface area contributed by atoms with E-state index >= 15 is 0 Å². The quantitative estimate of drug-likeness (QED) is 0.291. The van der Waals surface area contributed by atoms with E-state index in [0.29, 0.717) is 43.8 Å². The number of carbonyl (C=O) groups is 1. The van der Waals surface area contributed by atoms with Gasteiger partial charge in [0.2, 0.25) is 0 Å². The first-order valence-electron chi connectivity index (χ1n) is 10.1. The second-order valence-electron chi connectivity index (χ2n) is 6.86. The highest BCUT2D eigenvalue weighted by molar-refractivity contribution is 14.0. The molecular weight excluding hydrogens is 513 g/mol. The van der Waals surface area contributed by atoms with Gasteiger partial charge in [0.1, 0.15) is 11.6 Å². The van der Waals surface area contributed by atoms with E-state index in [9.17, 15) is 4.79 Å². The first kappa shape index (κ1) is 24.7. The van der Waals surface area contributed by atoms with Gasteiger partial charge in [0, 0.05) is 31.7 Å². The summed E-state index contributed by atoms with van der Waals surface area (Å²) in [7, 11) is 3.36. The number of piperidine rings is 1. The maximum atomic E-state index is 11.8. The number of aromatic nitrogens is 3. The molecule has 1 amide bonds. The Bertz CT molecular complexity index is 849. The van der Waals surface area contributed by atoms with Crippen molar-refractivity contribution in [1.82, 2.24) is 30.7 Å². The van der Waals surface area contributed by atoms with Crippen LogP contribution in [0.5, 0.6) is 5.75 Å². The number of H-pyrrole nitrogens is 1.